The fraction of sp³-hybridized carbons (Fsp3) is 0.409. The summed E-state index contributed by atoms with van der Waals surface area (Å²) in [5.41, 5.74) is 2.33. The summed E-state index contributed by atoms with van der Waals surface area (Å²) in [6, 6.07) is 14.1. The number of methoxy groups -OCH3 is 2. The molecule has 2 aromatic carbocycles. The zero-order valence-electron chi connectivity index (χ0n) is 17.8. The summed E-state index contributed by atoms with van der Waals surface area (Å²) < 4.78 is 16.3. The first kappa shape index (κ1) is 24.9. The van der Waals surface area contributed by atoms with Crippen molar-refractivity contribution in [1.82, 2.24) is 10.6 Å². The molecule has 0 aliphatic rings. The number of aliphatic imine (C=N–C) groups is 1. The van der Waals surface area contributed by atoms with E-state index in [0.29, 0.717) is 6.54 Å². The molecule has 0 aliphatic carbocycles. The molecule has 0 spiro atoms. The molecule has 0 saturated carbocycles. The van der Waals surface area contributed by atoms with Gasteiger partial charge in [0.2, 0.25) is 0 Å². The highest BCUT2D eigenvalue weighted by atomic mass is 127. The normalized spacial score (nSPS) is 10.9. The Morgan fingerprint density at radius 3 is 2.17 bits per heavy atom. The Morgan fingerprint density at radius 1 is 0.931 bits per heavy atom. The van der Waals surface area contributed by atoms with Crippen molar-refractivity contribution in [3.05, 3.63) is 53.6 Å². The van der Waals surface area contributed by atoms with E-state index in [0.717, 1.165) is 36.2 Å². The molecule has 2 rings (SSSR count). The van der Waals surface area contributed by atoms with Gasteiger partial charge in [-0.1, -0.05) is 18.2 Å². The van der Waals surface area contributed by atoms with Crippen LogP contribution in [0.1, 0.15) is 25.0 Å². The lowest BCUT2D eigenvalue weighted by atomic mass is 10.1. The topological polar surface area (TPSA) is 64.1 Å². The highest BCUT2D eigenvalue weighted by molar-refractivity contribution is 14.0. The molecule has 160 valence electrons. The number of guanidine groups is 1. The van der Waals surface area contributed by atoms with Crippen molar-refractivity contribution in [2.24, 2.45) is 4.99 Å². The third-order valence-electron chi connectivity index (χ3n) is 4.13. The van der Waals surface area contributed by atoms with E-state index in [4.69, 9.17) is 14.2 Å². The van der Waals surface area contributed by atoms with Gasteiger partial charge in [-0.25, -0.2) is 0 Å². The lowest BCUT2D eigenvalue weighted by Crippen LogP contribution is -2.37. The second kappa shape index (κ2) is 13.1. The first-order chi connectivity index (χ1) is 13.5. The number of benzene rings is 2. The molecule has 6 nitrogen and oxygen atoms in total. The summed E-state index contributed by atoms with van der Waals surface area (Å²) in [7, 11) is 5.05. The van der Waals surface area contributed by atoms with Crippen molar-refractivity contribution in [1.29, 1.82) is 0 Å². The Kier molecular flexibility index (Phi) is 11.3. The second-order valence-corrected chi connectivity index (χ2v) is 6.60. The molecular weight excluding hydrogens is 481 g/mol. The number of ether oxygens (including phenoxy) is 3. The lowest BCUT2D eigenvalue weighted by Gasteiger charge is -2.14. The van der Waals surface area contributed by atoms with Crippen LogP contribution in [0.2, 0.25) is 0 Å². The fourth-order valence-corrected chi connectivity index (χ4v) is 2.73. The van der Waals surface area contributed by atoms with Crippen LogP contribution in [0.4, 0.5) is 0 Å². The predicted molar refractivity (Wildman–Crippen MR) is 129 cm³/mol. The van der Waals surface area contributed by atoms with Gasteiger partial charge in [-0.3, -0.25) is 4.99 Å². The molecule has 7 heteroatoms. The van der Waals surface area contributed by atoms with Crippen LogP contribution in [0.5, 0.6) is 17.2 Å². The van der Waals surface area contributed by atoms with Gasteiger partial charge in [0.05, 0.1) is 20.3 Å². The standard InChI is InChI=1S/C22H31N3O3.HI/c1-16(2)28-19-9-6-18(7-10-19)15-25-22(23-3)24-13-12-17-8-11-20(26-4)21(14-17)27-5;/h6-11,14,16H,12-13,15H2,1-5H3,(H2,23,24,25);1H. The van der Waals surface area contributed by atoms with E-state index in [1.165, 1.54) is 11.1 Å². The third-order valence-corrected chi connectivity index (χ3v) is 4.13. The molecule has 0 heterocycles. The van der Waals surface area contributed by atoms with E-state index in [1.807, 2.05) is 44.2 Å². The molecule has 0 bridgehead atoms. The zero-order chi connectivity index (χ0) is 20.4. The minimum atomic E-state index is 0. The number of rotatable bonds is 9. The molecule has 0 aromatic heterocycles. The predicted octanol–water partition coefficient (Wildman–Crippen LogP) is 4.02. The van der Waals surface area contributed by atoms with Crippen molar-refractivity contribution in [3.8, 4) is 17.2 Å². The Hall–Kier alpha value is -2.16. The summed E-state index contributed by atoms with van der Waals surface area (Å²) in [5.74, 6) is 3.13. The monoisotopic (exact) mass is 513 g/mol. The highest BCUT2D eigenvalue weighted by Gasteiger charge is 2.05. The Bertz CT molecular complexity index is 764. The second-order valence-electron chi connectivity index (χ2n) is 6.60. The largest absolute Gasteiger partial charge is 0.493 e. The molecule has 0 atom stereocenters. The summed E-state index contributed by atoms with van der Waals surface area (Å²) in [6.07, 6.45) is 1.03. The number of halogens is 1. The Balaban J connectivity index is 0.00000420. The van der Waals surface area contributed by atoms with Crippen LogP contribution in [-0.2, 0) is 13.0 Å². The van der Waals surface area contributed by atoms with Gasteiger partial charge >= 0.3 is 0 Å². The molecule has 29 heavy (non-hydrogen) atoms. The molecule has 0 unspecified atom stereocenters. The average molecular weight is 513 g/mol. The summed E-state index contributed by atoms with van der Waals surface area (Å²) in [5, 5.41) is 6.66. The van der Waals surface area contributed by atoms with Crippen molar-refractivity contribution >= 4 is 29.9 Å². The molecular formula is C22H32IN3O3. The van der Waals surface area contributed by atoms with Gasteiger partial charge in [-0.15, -0.1) is 24.0 Å². The SMILES string of the molecule is CN=C(NCCc1ccc(OC)c(OC)c1)NCc1ccc(OC(C)C)cc1.I. The lowest BCUT2D eigenvalue weighted by molar-refractivity contribution is 0.242. The van der Waals surface area contributed by atoms with Crippen LogP contribution >= 0.6 is 24.0 Å². The minimum absolute atomic E-state index is 0. The van der Waals surface area contributed by atoms with E-state index in [2.05, 4.69) is 27.8 Å². The van der Waals surface area contributed by atoms with Crippen LogP contribution < -0.4 is 24.8 Å². The highest BCUT2D eigenvalue weighted by Crippen LogP contribution is 2.27. The first-order valence-corrected chi connectivity index (χ1v) is 9.46. The van der Waals surface area contributed by atoms with Crippen molar-refractivity contribution in [3.63, 3.8) is 0 Å². The molecule has 0 radical (unpaired) electrons. The van der Waals surface area contributed by atoms with Crippen molar-refractivity contribution in [2.75, 3.05) is 27.8 Å². The smallest absolute Gasteiger partial charge is 0.191 e. The summed E-state index contributed by atoms with van der Waals surface area (Å²) in [6.45, 7) is 5.49. The molecule has 0 saturated heterocycles. The van der Waals surface area contributed by atoms with Crippen LogP contribution in [-0.4, -0.2) is 39.9 Å². The molecule has 0 fully saturated rings. The van der Waals surface area contributed by atoms with Gasteiger partial charge < -0.3 is 24.8 Å². The maximum absolute atomic E-state index is 5.67. The van der Waals surface area contributed by atoms with Gasteiger partial charge in [-0.2, -0.15) is 0 Å². The number of nitrogens with one attached hydrogen (secondary N) is 2. The Labute approximate surface area is 191 Å². The van der Waals surface area contributed by atoms with E-state index < -0.39 is 0 Å². The molecule has 0 amide bonds. The number of hydrogen-bond acceptors (Lipinski definition) is 4. The van der Waals surface area contributed by atoms with E-state index in [1.54, 1.807) is 21.3 Å². The van der Waals surface area contributed by atoms with Crippen molar-refractivity contribution < 1.29 is 14.2 Å². The fourth-order valence-electron chi connectivity index (χ4n) is 2.73. The summed E-state index contributed by atoms with van der Waals surface area (Å²) >= 11 is 0. The van der Waals surface area contributed by atoms with Crippen LogP contribution in [0.15, 0.2) is 47.5 Å². The maximum Gasteiger partial charge on any atom is 0.191 e. The van der Waals surface area contributed by atoms with E-state index >= 15 is 0 Å². The molecule has 2 aromatic rings. The zero-order valence-corrected chi connectivity index (χ0v) is 20.2. The third kappa shape index (κ3) is 8.39. The quantitative estimate of drug-likeness (QED) is 0.302. The maximum atomic E-state index is 5.67. The van der Waals surface area contributed by atoms with Crippen LogP contribution in [0, 0.1) is 0 Å². The van der Waals surface area contributed by atoms with Crippen LogP contribution in [0.3, 0.4) is 0 Å². The van der Waals surface area contributed by atoms with E-state index in [9.17, 15) is 0 Å². The summed E-state index contributed by atoms with van der Waals surface area (Å²) in [4.78, 5) is 4.28. The van der Waals surface area contributed by atoms with Gasteiger partial charge in [-0.05, 0) is 55.7 Å². The number of hydrogen-bond donors (Lipinski definition) is 2. The molecule has 0 aliphatic heterocycles. The van der Waals surface area contributed by atoms with Gasteiger partial charge in [0.1, 0.15) is 5.75 Å². The molecule has 2 N–H and O–H groups in total. The van der Waals surface area contributed by atoms with Gasteiger partial charge in [0.15, 0.2) is 17.5 Å². The average Bonchev–Trinajstić information content (AvgIpc) is 2.71. The van der Waals surface area contributed by atoms with Crippen molar-refractivity contribution in [2.45, 2.75) is 32.9 Å². The van der Waals surface area contributed by atoms with Gasteiger partial charge in [0, 0.05) is 20.1 Å². The van der Waals surface area contributed by atoms with Crippen LogP contribution in [0.25, 0.3) is 0 Å². The van der Waals surface area contributed by atoms with Gasteiger partial charge in [0.25, 0.3) is 0 Å². The number of nitrogens with zero attached hydrogens (tertiary/aromatic N) is 1. The first-order valence-electron chi connectivity index (χ1n) is 9.46. The van der Waals surface area contributed by atoms with E-state index in [-0.39, 0.29) is 30.1 Å². The Morgan fingerprint density at radius 2 is 1.59 bits per heavy atom. The minimum Gasteiger partial charge on any atom is -0.493 e.